The van der Waals surface area contributed by atoms with Gasteiger partial charge in [0.25, 0.3) is 0 Å². The number of hydrogen-bond donors (Lipinski definition) is 1. The van der Waals surface area contributed by atoms with Crippen LogP contribution < -0.4 is 5.32 Å². The standard InChI is InChI=1S/C11H22N2O2/c1-3-13(4-2)11(14)15-9-10-7-5-6-8-12-10/h10,12H,3-9H2,1-2H3. The molecule has 1 atom stereocenters. The molecular weight excluding hydrogens is 192 g/mol. The Morgan fingerprint density at radius 1 is 1.40 bits per heavy atom. The topological polar surface area (TPSA) is 41.6 Å². The average molecular weight is 214 g/mol. The van der Waals surface area contributed by atoms with Crippen molar-refractivity contribution in [3.05, 3.63) is 0 Å². The highest BCUT2D eigenvalue weighted by Crippen LogP contribution is 2.07. The van der Waals surface area contributed by atoms with Gasteiger partial charge < -0.3 is 15.0 Å². The lowest BCUT2D eigenvalue weighted by Gasteiger charge is -2.25. The van der Waals surface area contributed by atoms with Crippen LogP contribution in [0.4, 0.5) is 4.79 Å². The SMILES string of the molecule is CCN(CC)C(=O)OCC1CCCCN1. The first-order chi connectivity index (χ1) is 7.27. The zero-order chi connectivity index (χ0) is 11.1. The minimum absolute atomic E-state index is 0.188. The summed E-state index contributed by atoms with van der Waals surface area (Å²) in [7, 11) is 0. The summed E-state index contributed by atoms with van der Waals surface area (Å²) in [5.41, 5.74) is 0. The van der Waals surface area contributed by atoms with Crippen molar-refractivity contribution >= 4 is 6.09 Å². The zero-order valence-corrected chi connectivity index (χ0v) is 9.79. The van der Waals surface area contributed by atoms with Gasteiger partial charge in [0.1, 0.15) is 6.61 Å². The van der Waals surface area contributed by atoms with Gasteiger partial charge in [-0.2, -0.15) is 0 Å². The number of hydrogen-bond acceptors (Lipinski definition) is 3. The van der Waals surface area contributed by atoms with Crippen molar-refractivity contribution in [1.29, 1.82) is 0 Å². The second kappa shape index (κ2) is 6.67. The highest BCUT2D eigenvalue weighted by Gasteiger charge is 2.16. The van der Waals surface area contributed by atoms with E-state index in [0.717, 1.165) is 13.0 Å². The fourth-order valence-corrected chi connectivity index (χ4v) is 1.81. The summed E-state index contributed by atoms with van der Waals surface area (Å²) in [6.07, 6.45) is 3.40. The van der Waals surface area contributed by atoms with Crippen LogP contribution >= 0.6 is 0 Å². The number of nitrogens with zero attached hydrogens (tertiary/aromatic N) is 1. The van der Waals surface area contributed by atoms with Crippen molar-refractivity contribution in [2.75, 3.05) is 26.2 Å². The average Bonchev–Trinajstić information content (AvgIpc) is 2.29. The molecule has 1 N–H and O–H groups in total. The molecule has 0 aromatic rings. The number of carbonyl (C=O) groups excluding carboxylic acids is 1. The van der Waals surface area contributed by atoms with Crippen molar-refractivity contribution in [3.63, 3.8) is 0 Å². The van der Waals surface area contributed by atoms with Crippen molar-refractivity contribution < 1.29 is 9.53 Å². The summed E-state index contributed by atoms with van der Waals surface area (Å²) >= 11 is 0. The van der Waals surface area contributed by atoms with Gasteiger partial charge in [0.2, 0.25) is 0 Å². The predicted octanol–water partition coefficient (Wildman–Crippen LogP) is 1.61. The highest BCUT2D eigenvalue weighted by molar-refractivity contribution is 5.67. The zero-order valence-electron chi connectivity index (χ0n) is 9.79. The van der Waals surface area contributed by atoms with Gasteiger partial charge in [-0.1, -0.05) is 6.42 Å². The monoisotopic (exact) mass is 214 g/mol. The van der Waals surface area contributed by atoms with Crippen LogP contribution in [0.15, 0.2) is 0 Å². The van der Waals surface area contributed by atoms with E-state index < -0.39 is 0 Å². The van der Waals surface area contributed by atoms with Gasteiger partial charge >= 0.3 is 6.09 Å². The van der Waals surface area contributed by atoms with E-state index in [-0.39, 0.29) is 6.09 Å². The minimum Gasteiger partial charge on any atom is -0.448 e. The lowest BCUT2D eigenvalue weighted by Crippen LogP contribution is -2.40. The molecule has 4 heteroatoms. The molecular formula is C11H22N2O2. The Kier molecular flexibility index (Phi) is 5.47. The van der Waals surface area contributed by atoms with E-state index in [2.05, 4.69) is 5.32 Å². The second-order valence-electron chi connectivity index (χ2n) is 3.90. The molecule has 1 fully saturated rings. The third-order valence-corrected chi connectivity index (χ3v) is 2.84. The van der Waals surface area contributed by atoms with Crippen LogP contribution in [0, 0.1) is 0 Å². The first-order valence-corrected chi connectivity index (χ1v) is 5.93. The molecule has 4 nitrogen and oxygen atoms in total. The van der Waals surface area contributed by atoms with Gasteiger partial charge in [0.05, 0.1) is 0 Å². The second-order valence-corrected chi connectivity index (χ2v) is 3.90. The Balaban J connectivity index is 2.20. The fourth-order valence-electron chi connectivity index (χ4n) is 1.81. The molecule has 1 rings (SSSR count). The Labute approximate surface area is 92.0 Å². The Morgan fingerprint density at radius 3 is 2.67 bits per heavy atom. The molecule has 0 spiro atoms. The molecule has 15 heavy (non-hydrogen) atoms. The summed E-state index contributed by atoms with van der Waals surface area (Å²) in [6.45, 7) is 6.91. The first-order valence-electron chi connectivity index (χ1n) is 5.93. The molecule has 0 aromatic heterocycles. The molecule has 0 aliphatic carbocycles. The smallest absolute Gasteiger partial charge is 0.409 e. The number of piperidine rings is 1. The van der Waals surface area contributed by atoms with E-state index in [1.165, 1.54) is 12.8 Å². The largest absolute Gasteiger partial charge is 0.448 e. The van der Waals surface area contributed by atoms with Crippen LogP contribution in [0.5, 0.6) is 0 Å². The van der Waals surface area contributed by atoms with E-state index in [0.29, 0.717) is 25.7 Å². The van der Waals surface area contributed by atoms with E-state index in [1.807, 2.05) is 13.8 Å². The van der Waals surface area contributed by atoms with Gasteiger partial charge in [0.15, 0.2) is 0 Å². The molecule has 1 aliphatic rings. The molecule has 1 saturated heterocycles. The van der Waals surface area contributed by atoms with Crippen LogP contribution in [0.2, 0.25) is 0 Å². The van der Waals surface area contributed by atoms with Gasteiger partial charge in [-0.15, -0.1) is 0 Å². The maximum absolute atomic E-state index is 11.5. The van der Waals surface area contributed by atoms with Crippen LogP contribution in [0.3, 0.4) is 0 Å². The van der Waals surface area contributed by atoms with E-state index >= 15 is 0 Å². The van der Waals surface area contributed by atoms with Gasteiger partial charge in [0, 0.05) is 19.1 Å². The predicted molar refractivity (Wildman–Crippen MR) is 59.9 cm³/mol. The van der Waals surface area contributed by atoms with Crippen LogP contribution in [0.25, 0.3) is 0 Å². The maximum atomic E-state index is 11.5. The molecule has 1 unspecified atom stereocenters. The first kappa shape index (κ1) is 12.3. The van der Waals surface area contributed by atoms with E-state index in [9.17, 15) is 4.79 Å². The Bertz CT molecular complexity index is 187. The van der Waals surface area contributed by atoms with E-state index in [4.69, 9.17) is 4.74 Å². The van der Waals surface area contributed by atoms with Crippen LogP contribution in [-0.4, -0.2) is 43.3 Å². The Morgan fingerprint density at radius 2 is 2.13 bits per heavy atom. The molecule has 0 aromatic carbocycles. The molecule has 0 saturated carbocycles. The van der Waals surface area contributed by atoms with Gasteiger partial charge in [-0.05, 0) is 33.2 Å². The Hall–Kier alpha value is -0.770. The van der Waals surface area contributed by atoms with Crippen molar-refractivity contribution in [2.24, 2.45) is 0 Å². The third kappa shape index (κ3) is 4.08. The van der Waals surface area contributed by atoms with Crippen molar-refractivity contribution in [2.45, 2.75) is 39.2 Å². The molecule has 0 radical (unpaired) electrons. The van der Waals surface area contributed by atoms with Crippen molar-refractivity contribution in [3.8, 4) is 0 Å². The molecule has 1 heterocycles. The lowest BCUT2D eigenvalue weighted by molar-refractivity contribution is 0.0926. The summed E-state index contributed by atoms with van der Waals surface area (Å²) in [4.78, 5) is 13.2. The summed E-state index contributed by atoms with van der Waals surface area (Å²) in [5.74, 6) is 0. The summed E-state index contributed by atoms with van der Waals surface area (Å²) in [5, 5.41) is 3.35. The maximum Gasteiger partial charge on any atom is 0.409 e. The van der Waals surface area contributed by atoms with Gasteiger partial charge in [-0.3, -0.25) is 0 Å². The number of ether oxygens (including phenoxy) is 1. The summed E-state index contributed by atoms with van der Waals surface area (Å²) < 4.78 is 5.25. The van der Waals surface area contributed by atoms with Crippen LogP contribution in [-0.2, 0) is 4.74 Å². The highest BCUT2D eigenvalue weighted by atomic mass is 16.6. The third-order valence-electron chi connectivity index (χ3n) is 2.84. The number of amides is 1. The minimum atomic E-state index is -0.188. The number of nitrogens with one attached hydrogen (secondary N) is 1. The quantitative estimate of drug-likeness (QED) is 0.773. The van der Waals surface area contributed by atoms with E-state index in [1.54, 1.807) is 4.90 Å². The fraction of sp³-hybridized carbons (Fsp3) is 0.909. The molecule has 0 bridgehead atoms. The number of carbonyl (C=O) groups is 1. The molecule has 1 amide bonds. The molecule has 1 aliphatic heterocycles. The number of rotatable bonds is 4. The lowest BCUT2D eigenvalue weighted by atomic mass is 10.1. The normalized spacial score (nSPS) is 21.1. The van der Waals surface area contributed by atoms with Crippen molar-refractivity contribution in [1.82, 2.24) is 10.2 Å². The molecule has 88 valence electrons. The van der Waals surface area contributed by atoms with Gasteiger partial charge in [-0.25, -0.2) is 4.79 Å². The van der Waals surface area contributed by atoms with Crippen LogP contribution in [0.1, 0.15) is 33.1 Å². The summed E-state index contributed by atoms with van der Waals surface area (Å²) in [6, 6.07) is 0.360.